The summed E-state index contributed by atoms with van der Waals surface area (Å²) in [6.07, 6.45) is 0. The molecule has 0 heterocycles. The molecule has 0 aliphatic rings. The standard InChI is InChI=1S/C13H8BrCl3/c14-7-9-5-4-8(6-12(9)16)10-2-1-3-11(15)13(10)17/h1-6H,7H2. The average molecular weight is 350 g/mol. The summed E-state index contributed by atoms with van der Waals surface area (Å²) < 4.78 is 0. The van der Waals surface area contributed by atoms with E-state index in [-0.39, 0.29) is 0 Å². The molecule has 2 aromatic rings. The molecule has 0 radical (unpaired) electrons. The first-order chi connectivity index (χ1) is 8.13. The Morgan fingerprint density at radius 3 is 2.35 bits per heavy atom. The first-order valence-electron chi connectivity index (χ1n) is 4.92. The average Bonchev–Trinajstić information content (AvgIpc) is 2.32. The Labute approximate surface area is 124 Å². The van der Waals surface area contributed by atoms with Crippen molar-refractivity contribution in [3.8, 4) is 11.1 Å². The lowest BCUT2D eigenvalue weighted by molar-refractivity contribution is 1.43. The van der Waals surface area contributed by atoms with E-state index in [0.29, 0.717) is 10.0 Å². The minimum atomic E-state index is 0.546. The topological polar surface area (TPSA) is 0 Å². The van der Waals surface area contributed by atoms with E-state index >= 15 is 0 Å². The van der Waals surface area contributed by atoms with Crippen LogP contribution in [0.3, 0.4) is 0 Å². The van der Waals surface area contributed by atoms with Crippen LogP contribution < -0.4 is 0 Å². The van der Waals surface area contributed by atoms with E-state index in [0.717, 1.165) is 27.0 Å². The van der Waals surface area contributed by atoms with Gasteiger partial charge in [0.25, 0.3) is 0 Å². The fourth-order valence-corrected chi connectivity index (χ4v) is 2.86. The molecule has 0 saturated heterocycles. The predicted molar refractivity (Wildman–Crippen MR) is 79.5 cm³/mol. The molecule has 0 nitrogen and oxygen atoms in total. The first-order valence-corrected chi connectivity index (χ1v) is 7.18. The van der Waals surface area contributed by atoms with Gasteiger partial charge in [-0.15, -0.1) is 0 Å². The fourth-order valence-electron chi connectivity index (χ4n) is 1.55. The second kappa shape index (κ2) is 5.62. The second-order valence-corrected chi connectivity index (χ2v) is 5.29. The number of alkyl halides is 1. The number of rotatable bonds is 2. The highest BCUT2D eigenvalue weighted by molar-refractivity contribution is 9.08. The third-order valence-electron chi connectivity index (χ3n) is 2.46. The Balaban J connectivity index is 2.54. The maximum absolute atomic E-state index is 6.17. The van der Waals surface area contributed by atoms with Crippen molar-refractivity contribution in [3.05, 3.63) is 57.0 Å². The highest BCUT2D eigenvalue weighted by atomic mass is 79.9. The number of halogens is 4. The molecule has 4 heteroatoms. The summed E-state index contributed by atoms with van der Waals surface area (Å²) in [6.45, 7) is 0. The van der Waals surface area contributed by atoms with E-state index in [4.69, 9.17) is 34.8 Å². The Bertz CT molecular complexity index is 552. The van der Waals surface area contributed by atoms with E-state index in [1.54, 1.807) is 6.07 Å². The minimum absolute atomic E-state index is 0.546. The van der Waals surface area contributed by atoms with Crippen LogP contribution in [0.4, 0.5) is 0 Å². The largest absolute Gasteiger partial charge is 0.0876 e. The molecule has 0 aliphatic heterocycles. The molecule has 0 atom stereocenters. The van der Waals surface area contributed by atoms with Crippen LogP contribution in [0.15, 0.2) is 36.4 Å². The molecule has 0 spiro atoms. The van der Waals surface area contributed by atoms with Crippen LogP contribution in [0.5, 0.6) is 0 Å². The van der Waals surface area contributed by atoms with Crippen LogP contribution in [0.2, 0.25) is 15.1 Å². The zero-order valence-electron chi connectivity index (χ0n) is 8.68. The van der Waals surface area contributed by atoms with Crippen LogP contribution in [-0.4, -0.2) is 0 Å². The lowest BCUT2D eigenvalue weighted by Crippen LogP contribution is -1.84. The normalized spacial score (nSPS) is 10.6. The molecule has 0 aromatic heterocycles. The molecule has 0 amide bonds. The smallest absolute Gasteiger partial charge is 0.0670 e. The molecule has 2 aromatic carbocycles. The van der Waals surface area contributed by atoms with Gasteiger partial charge in [0.1, 0.15) is 0 Å². The van der Waals surface area contributed by atoms with Gasteiger partial charge in [-0.05, 0) is 23.3 Å². The van der Waals surface area contributed by atoms with Crippen molar-refractivity contribution in [1.82, 2.24) is 0 Å². The van der Waals surface area contributed by atoms with Gasteiger partial charge in [0.15, 0.2) is 0 Å². The van der Waals surface area contributed by atoms with Crippen LogP contribution in [0.1, 0.15) is 5.56 Å². The van der Waals surface area contributed by atoms with E-state index in [1.165, 1.54) is 0 Å². The van der Waals surface area contributed by atoms with Crippen LogP contribution in [-0.2, 0) is 5.33 Å². The van der Waals surface area contributed by atoms with Crippen molar-refractivity contribution in [1.29, 1.82) is 0 Å². The van der Waals surface area contributed by atoms with Crippen molar-refractivity contribution in [2.24, 2.45) is 0 Å². The highest BCUT2D eigenvalue weighted by Crippen LogP contribution is 2.35. The zero-order chi connectivity index (χ0) is 12.4. The van der Waals surface area contributed by atoms with Gasteiger partial charge < -0.3 is 0 Å². The van der Waals surface area contributed by atoms with Gasteiger partial charge in [-0.25, -0.2) is 0 Å². The molecular formula is C13H8BrCl3. The van der Waals surface area contributed by atoms with Crippen LogP contribution >= 0.6 is 50.7 Å². The van der Waals surface area contributed by atoms with Gasteiger partial charge >= 0.3 is 0 Å². The Hall–Kier alpha value is -0.210. The van der Waals surface area contributed by atoms with Gasteiger partial charge in [0.05, 0.1) is 10.0 Å². The Kier molecular flexibility index (Phi) is 4.37. The van der Waals surface area contributed by atoms with E-state index in [1.807, 2.05) is 30.3 Å². The van der Waals surface area contributed by atoms with Gasteiger partial charge in [0, 0.05) is 15.9 Å². The SMILES string of the molecule is Clc1cc(-c2cccc(Cl)c2Cl)ccc1CBr. The number of hydrogen-bond donors (Lipinski definition) is 0. The van der Waals surface area contributed by atoms with Crippen molar-refractivity contribution >= 4 is 50.7 Å². The van der Waals surface area contributed by atoms with Crippen molar-refractivity contribution < 1.29 is 0 Å². The molecular weight excluding hydrogens is 342 g/mol. The van der Waals surface area contributed by atoms with Gasteiger partial charge in [-0.3, -0.25) is 0 Å². The Morgan fingerprint density at radius 2 is 1.71 bits per heavy atom. The van der Waals surface area contributed by atoms with Crippen molar-refractivity contribution in [3.63, 3.8) is 0 Å². The Morgan fingerprint density at radius 1 is 0.941 bits per heavy atom. The maximum atomic E-state index is 6.17. The quantitative estimate of drug-likeness (QED) is 0.565. The lowest BCUT2D eigenvalue weighted by atomic mass is 10.0. The summed E-state index contributed by atoms with van der Waals surface area (Å²) >= 11 is 21.7. The molecule has 0 aliphatic carbocycles. The zero-order valence-corrected chi connectivity index (χ0v) is 12.5. The number of benzene rings is 2. The van der Waals surface area contributed by atoms with Crippen LogP contribution in [0, 0.1) is 0 Å². The third-order valence-corrected chi connectivity index (χ3v) is 4.23. The van der Waals surface area contributed by atoms with E-state index in [2.05, 4.69) is 15.9 Å². The molecule has 0 fully saturated rings. The van der Waals surface area contributed by atoms with Crippen molar-refractivity contribution in [2.45, 2.75) is 5.33 Å². The summed E-state index contributed by atoms with van der Waals surface area (Å²) in [6, 6.07) is 11.4. The summed E-state index contributed by atoms with van der Waals surface area (Å²) in [5.41, 5.74) is 2.91. The highest BCUT2D eigenvalue weighted by Gasteiger charge is 2.08. The number of hydrogen-bond acceptors (Lipinski definition) is 0. The van der Waals surface area contributed by atoms with E-state index in [9.17, 15) is 0 Å². The molecule has 88 valence electrons. The maximum Gasteiger partial charge on any atom is 0.0670 e. The first kappa shape index (κ1) is 13.2. The third kappa shape index (κ3) is 2.79. The lowest BCUT2D eigenvalue weighted by Gasteiger charge is -2.08. The summed E-state index contributed by atoms with van der Waals surface area (Å²) in [5, 5.41) is 2.55. The molecule has 0 saturated carbocycles. The van der Waals surface area contributed by atoms with Crippen LogP contribution in [0.25, 0.3) is 11.1 Å². The fraction of sp³-hybridized carbons (Fsp3) is 0.0769. The molecule has 2 rings (SSSR count). The second-order valence-electron chi connectivity index (χ2n) is 3.54. The van der Waals surface area contributed by atoms with Gasteiger partial charge in [-0.1, -0.05) is 75.0 Å². The molecule has 0 unspecified atom stereocenters. The summed E-state index contributed by atoms with van der Waals surface area (Å²) in [7, 11) is 0. The minimum Gasteiger partial charge on any atom is -0.0876 e. The molecule has 0 bridgehead atoms. The van der Waals surface area contributed by atoms with Gasteiger partial charge in [0.2, 0.25) is 0 Å². The van der Waals surface area contributed by atoms with Gasteiger partial charge in [-0.2, -0.15) is 0 Å². The molecule has 17 heavy (non-hydrogen) atoms. The summed E-state index contributed by atoms with van der Waals surface area (Å²) in [4.78, 5) is 0. The predicted octanol–water partition coefficient (Wildman–Crippen LogP) is 6.21. The summed E-state index contributed by atoms with van der Waals surface area (Å²) in [5.74, 6) is 0. The monoisotopic (exact) mass is 348 g/mol. The van der Waals surface area contributed by atoms with E-state index < -0.39 is 0 Å². The molecule has 0 N–H and O–H groups in total. The van der Waals surface area contributed by atoms with Crippen molar-refractivity contribution in [2.75, 3.05) is 0 Å².